The van der Waals surface area contributed by atoms with Crippen molar-refractivity contribution >= 4 is 5.97 Å². The lowest BCUT2D eigenvalue weighted by molar-refractivity contribution is -0.137. The summed E-state index contributed by atoms with van der Waals surface area (Å²) in [6.45, 7) is 0.251. The van der Waals surface area contributed by atoms with Gasteiger partial charge in [-0.15, -0.1) is 0 Å². The van der Waals surface area contributed by atoms with Crippen LogP contribution in [0.5, 0.6) is 0 Å². The van der Waals surface area contributed by atoms with Gasteiger partial charge >= 0.3 is 5.97 Å². The zero-order chi connectivity index (χ0) is 8.97. The Labute approximate surface area is 69.2 Å². The third kappa shape index (κ3) is 2.06. The number of rotatable bonds is 4. The first-order chi connectivity index (χ1) is 5.74. The lowest BCUT2D eigenvalue weighted by atomic mass is 10.0. The molecule has 0 aliphatic rings. The average molecular weight is 170 g/mol. The average Bonchev–Trinajstić information content (AvgIpc) is 2.51. The zero-order valence-electron chi connectivity index (χ0n) is 6.43. The van der Waals surface area contributed by atoms with Crippen LogP contribution in [-0.2, 0) is 4.79 Å². The number of aromatic nitrogens is 1. The van der Waals surface area contributed by atoms with Crippen molar-refractivity contribution in [3.05, 3.63) is 18.0 Å². The first-order valence-electron chi connectivity index (χ1n) is 3.56. The number of nitrogens with two attached hydrogens (primary N) is 1. The van der Waals surface area contributed by atoms with E-state index in [9.17, 15) is 4.79 Å². The van der Waals surface area contributed by atoms with Gasteiger partial charge in [0.25, 0.3) is 0 Å². The second-order valence-corrected chi connectivity index (χ2v) is 2.45. The molecular weight excluding hydrogens is 160 g/mol. The number of hydrogen-bond donors (Lipinski definition) is 2. The SMILES string of the molecule is NCC(CC(=O)O)c1ccno1. The molecule has 0 aliphatic carbocycles. The third-order valence-electron chi connectivity index (χ3n) is 1.57. The molecule has 0 aliphatic heterocycles. The molecule has 0 spiro atoms. The number of hydrogen-bond acceptors (Lipinski definition) is 4. The summed E-state index contributed by atoms with van der Waals surface area (Å²) in [5.41, 5.74) is 5.36. The fourth-order valence-corrected chi connectivity index (χ4v) is 0.947. The lowest BCUT2D eigenvalue weighted by Crippen LogP contribution is -2.15. The second-order valence-electron chi connectivity index (χ2n) is 2.45. The van der Waals surface area contributed by atoms with Crippen molar-refractivity contribution in [3.63, 3.8) is 0 Å². The van der Waals surface area contributed by atoms with Gasteiger partial charge in [0.2, 0.25) is 0 Å². The van der Waals surface area contributed by atoms with Gasteiger partial charge in [-0.1, -0.05) is 5.16 Å². The van der Waals surface area contributed by atoms with Crippen molar-refractivity contribution < 1.29 is 14.4 Å². The minimum Gasteiger partial charge on any atom is -0.481 e. The van der Waals surface area contributed by atoms with E-state index in [2.05, 4.69) is 5.16 Å². The fourth-order valence-electron chi connectivity index (χ4n) is 0.947. The van der Waals surface area contributed by atoms with Gasteiger partial charge in [0, 0.05) is 18.5 Å². The molecule has 12 heavy (non-hydrogen) atoms. The molecule has 0 amide bonds. The highest BCUT2D eigenvalue weighted by atomic mass is 16.5. The van der Waals surface area contributed by atoms with E-state index in [1.165, 1.54) is 6.20 Å². The van der Waals surface area contributed by atoms with E-state index in [1.807, 2.05) is 0 Å². The Hall–Kier alpha value is -1.36. The van der Waals surface area contributed by atoms with Crippen LogP contribution in [0.4, 0.5) is 0 Å². The summed E-state index contributed by atoms with van der Waals surface area (Å²) in [5.74, 6) is -0.633. The van der Waals surface area contributed by atoms with Crippen molar-refractivity contribution in [2.45, 2.75) is 12.3 Å². The van der Waals surface area contributed by atoms with Crippen LogP contribution >= 0.6 is 0 Å². The van der Waals surface area contributed by atoms with Crippen molar-refractivity contribution in [2.24, 2.45) is 5.73 Å². The highest BCUT2D eigenvalue weighted by Gasteiger charge is 2.16. The molecule has 1 aromatic rings. The Morgan fingerprint density at radius 2 is 2.58 bits per heavy atom. The quantitative estimate of drug-likeness (QED) is 0.673. The van der Waals surface area contributed by atoms with Crippen LogP contribution in [0, 0.1) is 0 Å². The van der Waals surface area contributed by atoms with Crippen molar-refractivity contribution in [2.75, 3.05) is 6.54 Å². The van der Waals surface area contributed by atoms with Gasteiger partial charge < -0.3 is 15.4 Å². The standard InChI is InChI=1S/C7H10N2O3/c8-4-5(3-7(10)11)6-1-2-9-12-6/h1-2,5H,3-4,8H2,(H,10,11). The summed E-state index contributed by atoms with van der Waals surface area (Å²) in [7, 11) is 0. The van der Waals surface area contributed by atoms with E-state index < -0.39 is 5.97 Å². The molecule has 3 N–H and O–H groups in total. The Morgan fingerprint density at radius 1 is 1.83 bits per heavy atom. The summed E-state index contributed by atoms with van der Waals surface area (Å²) in [6, 6.07) is 1.63. The molecule has 0 fully saturated rings. The van der Waals surface area contributed by atoms with E-state index in [4.69, 9.17) is 15.4 Å². The lowest BCUT2D eigenvalue weighted by Gasteiger charge is -2.06. The summed E-state index contributed by atoms with van der Waals surface area (Å²) in [4.78, 5) is 10.3. The Bertz CT molecular complexity index is 245. The molecule has 1 atom stereocenters. The Balaban J connectivity index is 2.63. The van der Waals surface area contributed by atoms with Gasteiger partial charge in [0.15, 0.2) is 0 Å². The summed E-state index contributed by atoms with van der Waals surface area (Å²) in [5, 5.41) is 12.0. The first kappa shape index (κ1) is 8.73. The minimum atomic E-state index is -0.887. The van der Waals surface area contributed by atoms with E-state index in [1.54, 1.807) is 6.07 Å². The molecule has 0 saturated heterocycles. The predicted octanol–water partition coefficient (Wildman–Crippen LogP) is 0.192. The van der Waals surface area contributed by atoms with Crippen molar-refractivity contribution in [1.82, 2.24) is 5.16 Å². The maximum absolute atomic E-state index is 10.3. The van der Waals surface area contributed by atoms with Gasteiger partial charge in [-0.25, -0.2) is 0 Å². The first-order valence-corrected chi connectivity index (χ1v) is 3.56. The number of aliphatic carboxylic acids is 1. The van der Waals surface area contributed by atoms with E-state index in [-0.39, 0.29) is 18.9 Å². The van der Waals surface area contributed by atoms with Gasteiger partial charge in [-0.3, -0.25) is 4.79 Å². The molecule has 1 rings (SSSR count). The van der Waals surface area contributed by atoms with E-state index in [0.29, 0.717) is 5.76 Å². The monoisotopic (exact) mass is 170 g/mol. The highest BCUT2D eigenvalue weighted by Crippen LogP contribution is 2.16. The minimum absolute atomic E-state index is 0.0221. The Morgan fingerprint density at radius 3 is 3.00 bits per heavy atom. The van der Waals surface area contributed by atoms with E-state index >= 15 is 0 Å². The molecular formula is C7H10N2O3. The second kappa shape index (κ2) is 3.87. The molecule has 0 saturated carbocycles. The zero-order valence-corrected chi connectivity index (χ0v) is 6.43. The molecule has 66 valence electrons. The van der Waals surface area contributed by atoms with Crippen LogP contribution < -0.4 is 5.73 Å². The van der Waals surface area contributed by atoms with Gasteiger partial charge in [0.1, 0.15) is 5.76 Å². The van der Waals surface area contributed by atoms with Crippen LogP contribution in [0.25, 0.3) is 0 Å². The van der Waals surface area contributed by atoms with Gasteiger partial charge in [0.05, 0.1) is 12.6 Å². The number of carboxylic acids is 1. The molecule has 1 aromatic heterocycles. The van der Waals surface area contributed by atoms with Crippen LogP contribution in [0.2, 0.25) is 0 Å². The molecule has 0 radical (unpaired) electrons. The molecule has 1 unspecified atom stereocenters. The predicted molar refractivity (Wildman–Crippen MR) is 40.6 cm³/mol. The molecule has 1 heterocycles. The number of carboxylic acid groups (broad SMARTS) is 1. The topological polar surface area (TPSA) is 89.4 Å². The van der Waals surface area contributed by atoms with Gasteiger partial charge in [-0.2, -0.15) is 0 Å². The van der Waals surface area contributed by atoms with Crippen LogP contribution in [0.15, 0.2) is 16.8 Å². The number of carbonyl (C=O) groups is 1. The van der Waals surface area contributed by atoms with Crippen LogP contribution in [0.3, 0.4) is 0 Å². The summed E-state index contributed by atoms with van der Waals surface area (Å²) >= 11 is 0. The maximum Gasteiger partial charge on any atom is 0.304 e. The third-order valence-corrected chi connectivity index (χ3v) is 1.57. The molecule has 5 heteroatoms. The van der Waals surface area contributed by atoms with E-state index in [0.717, 1.165) is 0 Å². The molecule has 5 nitrogen and oxygen atoms in total. The summed E-state index contributed by atoms with van der Waals surface area (Å²) < 4.78 is 4.79. The number of nitrogens with zero attached hydrogens (tertiary/aromatic N) is 1. The van der Waals surface area contributed by atoms with Crippen molar-refractivity contribution in [3.8, 4) is 0 Å². The van der Waals surface area contributed by atoms with Crippen LogP contribution in [0.1, 0.15) is 18.1 Å². The normalized spacial score (nSPS) is 12.8. The molecule has 0 bridgehead atoms. The molecule has 0 aromatic carbocycles. The van der Waals surface area contributed by atoms with Crippen LogP contribution in [-0.4, -0.2) is 22.8 Å². The van der Waals surface area contributed by atoms with Gasteiger partial charge in [-0.05, 0) is 0 Å². The van der Waals surface area contributed by atoms with Crippen molar-refractivity contribution in [1.29, 1.82) is 0 Å². The summed E-state index contributed by atoms with van der Waals surface area (Å²) in [6.07, 6.45) is 1.45. The Kier molecular flexibility index (Phi) is 2.82. The smallest absolute Gasteiger partial charge is 0.304 e. The fraction of sp³-hybridized carbons (Fsp3) is 0.429. The highest BCUT2D eigenvalue weighted by molar-refractivity contribution is 5.67. The largest absolute Gasteiger partial charge is 0.481 e. The maximum atomic E-state index is 10.3.